The van der Waals surface area contributed by atoms with Crippen LogP contribution in [-0.2, 0) is 9.22 Å². The van der Waals surface area contributed by atoms with Crippen LogP contribution in [0.1, 0.15) is 53.4 Å². The molecule has 2 atom stereocenters. The van der Waals surface area contributed by atoms with Gasteiger partial charge in [-0.3, -0.25) is 4.79 Å². The molecule has 0 spiro atoms. The maximum Gasteiger partial charge on any atom is 0.184 e. The number of carbonyl (C=O) groups is 1. The van der Waals surface area contributed by atoms with Crippen molar-refractivity contribution in [2.24, 2.45) is 5.92 Å². The van der Waals surface area contributed by atoms with E-state index in [-0.39, 0.29) is 17.3 Å². The molecule has 21 heavy (non-hydrogen) atoms. The van der Waals surface area contributed by atoms with E-state index in [2.05, 4.69) is 46.5 Å². The summed E-state index contributed by atoms with van der Waals surface area (Å²) in [5.41, 5.74) is 2.21. The van der Waals surface area contributed by atoms with Gasteiger partial charge in [0.15, 0.2) is 14.1 Å². The highest BCUT2D eigenvalue weighted by molar-refractivity contribution is 6.69. The molecule has 0 aromatic heterocycles. The van der Waals surface area contributed by atoms with E-state index >= 15 is 0 Å². The van der Waals surface area contributed by atoms with Crippen molar-refractivity contribution in [1.29, 1.82) is 0 Å². The Morgan fingerprint density at radius 1 is 1.43 bits per heavy atom. The lowest BCUT2D eigenvalue weighted by atomic mass is 9.76. The second-order valence-electron chi connectivity index (χ2n) is 7.83. The lowest BCUT2D eigenvalue weighted by Gasteiger charge is -2.42. The van der Waals surface area contributed by atoms with Gasteiger partial charge < -0.3 is 4.43 Å². The summed E-state index contributed by atoms with van der Waals surface area (Å²) >= 11 is 0. The Hall–Kier alpha value is -0.673. The molecule has 0 amide bonds. The van der Waals surface area contributed by atoms with Crippen LogP contribution in [0.5, 0.6) is 0 Å². The first kappa shape index (κ1) is 18.4. The largest absolute Gasteiger partial charge is 0.412 e. The normalized spacial score (nSPS) is 22.5. The molecule has 0 N–H and O–H groups in total. The van der Waals surface area contributed by atoms with Gasteiger partial charge in [0, 0.05) is 5.92 Å². The van der Waals surface area contributed by atoms with Crippen LogP contribution >= 0.6 is 0 Å². The summed E-state index contributed by atoms with van der Waals surface area (Å²) in [5.74, 6) is 0.273. The number of ketones is 1. The van der Waals surface area contributed by atoms with Gasteiger partial charge in [0.05, 0.1) is 5.60 Å². The maximum absolute atomic E-state index is 12.5. The van der Waals surface area contributed by atoms with Gasteiger partial charge in [-0.2, -0.15) is 0 Å². The van der Waals surface area contributed by atoms with Crippen molar-refractivity contribution in [2.75, 3.05) is 0 Å². The van der Waals surface area contributed by atoms with Gasteiger partial charge in [0.25, 0.3) is 0 Å². The van der Waals surface area contributed by atoms with Crippen molar-refractivity contribution in [3.63, 3.8) is 0 Å². The number of carbonyl (C=O) groups excluding carboxylic acids is 1. The van der Waals surface area contributed by atoms with Gasteiger partial charge in [-0.15, -0.1) is 0 Å². The second-order valence-corrected chi connectivity index (χ2v) is 12.3. The van der Waals surface area contributed by atoms with Crippen LogP contribution < -0.4 is 0 Å². The van der Waals surface area contributed by atoms with E-state index in [0.717, 1.165) is 25.7 Å². The Morgan fingerprint density at radius 2 is 2.05 bits per heavy atom. The zero-order valence-corrected chi connectivity index (χ0v) is 15.9. The molecule has 0 saturated carbocycles. The number of rotatable bonds is 6. The molecule has 2 nitrogen and oxygen atoms in total. The molecule has 0 saturated heterocycles. The molecule has 1 aliphatic carbocycles. The number of allylic oxidation sites excluding steroid dienone is 4. The second kappa shape index (κ2) is 7.06. The average molecular weight is 309 g/mol. The summed E-state index contributed by atoms with van der Waals surface area (Å²) in [6.07, 6.45) is 7.93. The Balaban J connectivity index is 2.96. The quantitative estimate of drug-likeness (QED) is 0.493. The molecule has 0 aromatic carbocycles. The summed E-state index contributed by atoms with van der Waals surface area (Å²) < 4.78 is 6.51. The first-order valence-corrected chi connectivity index (χ1v) is 11.5. The van der Waals surface area contributed by atoms with Crippen molar-refractivity contribution in [2.45, 2.75) is 78.6 Å². The van der Waals surface area contributed by atoms with Gasteiger partial charge in [-0.05, 0) is 79.1 Å². The van der Waals surface area contributed by atoms with Crippen LogP contribution in [0.25, 0.3) is 0 Å². The Morgan fingerprint density at radius 3 is 2.52 bits per heavy atom. The van der Waals surface area contributed by atoms with Crippen LogP contribution in [0, 0.1) is 5.92 Å². The van der Waals surface area contributed by atoms with Gasteiger partial charge in [0.1, 0.15) is 0 Å². The highest BCUT2D eigenvalue weighted by Crippen LogP contribution is 2.37. The van der Waals surface area contributed by atoms with Crippen LogP contribution in [0.2, 0.25) is 19.6 Å². The monoisotopic (exact) mass is 308 g/mol. The van der Waals surface area contributed by atoms with E-state index < -0.39 is 8.32 Å². The van der Waals surface area contributed by atoms with Crippen LogP contribution in [0.4, 0.5) is 0 Å². The number of hydrogen-bond acceptors (Lipinski definition) is 2. The Kier molecular flexibility index (Phi) is 6.18. The highest BCUT2D eigenvalue weighted by atomic mass is 28.4. The molecule has 0 unspecified atom stereocenters. The molecule has 0 radical (unpaired) electrons. The molecular weight excluding hydrogens is 276 g/mol. The predicted molar refractivity (Wildman–Crippen MR) is 93.0 cm³/mol. The third-order valence-corrected chi connectivity index (χ3v) is 5.11. The van der Waals surface area contributed by atoms with E-state index in [4.69, 9.17) is 4.43 Å². The fraction of sp³-hybridized carbons (Fsp3) is 0.722. The molecular formula is C18H32O2Si. The van der Waals surface area contributed by atoms with E-state index in [1.807, 2.05) is 13.0 Å². The molecule has 3 heteroatoms. The molecule has 0 aromatic rings. The third-order valence-electron chi connectivity index (χ3n) is 4.03. The van der Waals surface area contributed by atoms with Crippen LogP contribution in [0.3, 0.4) is 0 Å². The van der Waals surface area contributed by atoms with Crippen molar-refractivity contribution < 1.29 is 9.22 Å². The summed E-state index contributed by atoms with van der Waals surface area (Å²) in [4.78, 5) is 12.5. The maximum atomic E-state index is 12.5. The summed E-state index contributed by atoms with van der Waals surface area (Å²) in [5, 5.41) is 0. The molecule has 0 fully saturated rings. The van der Waals surface area contributed by atoms with Gasteiger partial charge in [-0.1, -0.05) is 17.2 Å². The number of hydrogen-bond donors (Lipinski definition) is 0. The van der Waals surface area contributed by atoms with E-state index in [1.54, 1.807) is 0 Å². The first-order chi connectivity index (χ1) is 9.53. The Bertz CT molecular complexity index is 439. The van der Waals surface area contributed by atoms with E-state index in [0.29, 0.717) is 0 Å². The summed E-state index contributed by atoms with van der Waals surface area (Å²) in [6, 6.07) is 0. The third kappa shape index (κ3) is 5.91. The van der Waals surface area contributed by atoms with E-state index in [9.17, 15) is 4.79 Å². The highest BCUT2D eigenvalue weighted by Gasteiger charge is 2.42. The molecule has 0 bridgehead atoms. The lowest BCUT2D eigenvalue weighted by Crippen LogP contribution is -2.49. The standard InChI is InChI=1S/C18H32O2Si/c1-14(2)9-8-12-18(4,20-21(5,6)7)16-11-10-15(3)13-17(16)19/h9,13,16H,8,10-12H2,1-7H3/t16-,18-/m1/s1. The lowest BCUT2D eigenvalue weighted by molar-refractivity contribution is -0.126. The smallest absolute Gasteiger partial charge is 0.184 e. The predicted octanol–water partition coefficient (Wildman–Crippen LogP) is 5.27. The zero-order valence-electron chi connectivity index (χ0n) is 14.9. The van der Waals surface area contributed by atoms with Crippen LogP contribution in [0.15, 0.2) is 23.3 Å². The van der Waals surface area contributed by atoms with Crippen molar-refractivity contribution in [1.82, 2.24) is 0 Å². The molecule has 0 heterocycles. The SMILES string of the molecule is CC(C)=CCC[C@@](C)(O[Si](C)(C)C)[C@@H]1CCC(C)=CC1=O. The fourth-order valence-electron chi connectivity index (χ4n) is 3.18. The first-order valence-electron chi connectivity index (χ1n) is 8.08. The van der Waals surface area contributed by atoms with Gasteiger partial charge >= 0.3 is 0 Å². The molecule has 0 aliphatic heterocycles. The average Bonchev–Trinajstić information content (AvgIpc) is 2.24. The zero-order chi connectivity index (χ0) is 16.3. The molecule has 1 rings (SSSR count). The summed E-state index contributed by atoms with van der Waals surface area (Å²) in [6.45, 7) is 15.1. The van der Waals surface area contributed by atoms with Gasteiger partial charge in [-0.25, -0.2) is 0 Å². The fourth-order valence-corrected chi connectivity index (χ4v) is 4.82. The molecule has 1 aliphatic rings. The van der Waals surface area contributed by atoms with E-state index in [1.165, 1.54) is 11.1 Å². The molecule has 120 valence electrons. The van der Waals surface area contributed by atoms with Crippen molar-refractivity contribution in [3.8, 4) is 0 Å². The van der Waals surface area contributed by atoms with Gasteiger partial charge in [0.2, 0.25) is 0 Å². The minimum Gasteiger partial charge on any atom is -0.412 e. The summed E-state index contributed by atoms with van der Waals surface area (Å²) in [7, 11) is -1.69. The Labute approximate surface area is 131 Å². The van der Waals surface area contributed by atoms with Crippen molar-refractivity contribution in [3.05, 3.63) is 23.3 Å². The minimum atomic E-state index is -1.69. The van der Waals surface area contributed by atoms with Crippen molar-refractivity contribution >= 4 is 14.1 Å². The topological polar surface area (TPSA) is 26.3 Å². The minimum absolute atomic E-state index is 0.0125. The van der Waals surface area contributed by atoms with Crippen LogP contribution in [-0.4, -0.2) is 19.7 Å².